The minimum atomic E-state index is -4.83. The van der Waals surface area contributed by atoms with Crippen molar-refractivity contribution in [1.29, 1.82) is 0 Å². The molecule has 1 heterocycles. The van der Waals surface area contributed by atoms with Crippen molar-refractivity contribution in [1.82, 2.24) is 4.90 Å². The Bertz CT molecular complexity index is 818. The van der Waals surface area contributed by atoms with E-state index in [2.05, 4.69) is 4.74 Å². The molecule has 11 heteroatoms. The molecular weight excluding hydrogens is 402 g/mol. The number of hydrogen-bond donors (Lipinski definition) is 0. The predicted octanol–water partition coefficient (Wildman–Crippen LogP) is 2.57. The van der Waals surface area contributed by atoms with Gasteiger partial charge in [0.15, 0.2) is 13.3 Å². The molecule has 7 nitrogen and oxygen atoms in total. The van der Waals surface area contributed by atoms with Crippen LogP contribution in [0.15, 0.2) is 23.0 Å². The molecule has 1 saturated carbocycles. The Labute approximate surface area is 163 Å². The summed E-state index contributed by atoms with van der Waals surface area (Å²) >= 11 is 0. The SMILES string of the molecule is CC1=C(C)C(=O)N(COC(=O)[C@@]2(C=C(F)C(=O)OCC(F)(F)F)CC2(C)C)C1=O. The molecule has 1 aliphatic carbocycles. The van der Waals surface area contributed by atoms with Crippen molar-refractivity contribution in [2.45, 2.75) is 40.3 Å². The number of hydrogen-bond acceptors (Lipinski definition) is 6. The van der Waals surface area contributed by atoms with Gasteiger partial charge in [-0.15, -0.1) is 0 Å². The number of esters is 2. The second-order valence-electron chi connectivity index (χ2n) is 7.56. The minimum absolute atomic E-state index is 0.0387. The fourth-order valence-electron chi connectivity index (χ4n) is 2.99. The lowest BCUT2D eigenvalue weighted by atomic mass is 9.95. The van der Waals surface area contributed by atoms with Crippen molar-refractivity contribution in [2.24, 2.45) is 10.8 Å². The number of imide groups is 1. The van der Waals surface area contributed by atoms with Gasteiger partial charge in [-0.2, -0.15) is 17.6 Å². The maximum absolute atomic E-state index is 14.1. The van der Waals surface area contributed by atoms with E-state index in [0.717, 1.165) is 0 Å². The number of ether oxygens (including phenoxy) is 2. The number of carbonyl (C=O) groups is 4. The minimum Gasteiger partial charge on any atom is -0.451 e. The monoisotopic (exact) mass is 421 g/mol. The first-order chi connectivity index (χ1) is 13.1. The predicted molar refractivity (Wildman–Crippen MR) is 88.2 cm³/mol. The summed E-state index contributed by atoms with van der Waals surface area (Å²) in [6.07, 6.45) is -4.22. The Balaban J connectivity index is 2.09. The lowest BCUT2D eigenvalue weighted by Crippen LogP contribution is -2.36. The summed E-state index contributed by atoms with van der Waals surface area (Å²) in [5, 5.41) is 0. The van der Waals surface area contributed by atoms with Gasteiger partial charge in [-0.1, -0.05) is 13.8 Å². The Hall–Kier alpha value is -2.72. The summed E-state index contributed by atoms with van der Waals surface area (Å²) in [6.45, 7) is 3.30. The first-order valence-corrected chi connectivity index (χ1v) is 8.46. The van der Waals surface area contributed by atoms with Crippen LogP contribution < -0.4 is 0 Å². The average molecular weight is 421 g/mol. The van der Waals surface area contributed by atoms with Crippen LogP contribution in [0.4, 0.5) is 17.6 Å². The normalized spacial score (nSPS) is 24.1. The van der Waals surface area contributed by atoms with Crippen molar-refractivity contribution < 1.29 is 46.2 Å². The van der Waals surface area contributed by atoms with Crippen LogP contribution in [0.3, 0.4) is 0 Å². The molecule has 2 aliphatic rings. The van der Waals surface area contributed by atoms with E-state index in [0.29, 0.717) is 11.0 Å². The topological polar surface area (TPSA) is 90.0 Å². The van der Waals surface area contributed by atoms with E-state index in [1.807, 2.05) is 0 Å². The van der Waals surface area contributed by atoms with Crippen LogP contribution in [0.2, 0.25) is 0 Å². The van der Waals surface area contributed by atoms with E-state index < -0.39 is 59.9 Å². The van der Waals surface area contributed by atoms with E-state index in [-0.39, 0.29) is 17.6 Å². The third kappa shape index (κ3) is 4.33. The van der Waals surface area contributed by atoms with Gasteiger partial charge in [0.1, 0.15) is 0 Å². The molecule has 1 atom stereocenters. The van der Waals surface area contributed by atoms with E-state index in [1.54, 1.807) is 13.8 Å². The van der Waals surface area contributed by atoms with Crippen LogP contribution in [-0.2, 0) is 28.7 Å². The van der Waals surface area contributed by atoms with Gasteiger partial charge < -0.3 is 9.47 Å². The number of halogens is 4. The second-order valence-corrected chi connectivity index (χ2v) is 7.56. The molecule has 0 aromatic heterocycles. The van der Waals surface area contributed by atoms with Crippen LogP contribution in [-0.4, -0.2) is 48.2 Å². The third-order valence-electron chi connectivity index (χ3n) is 5.12. The molecule has 0 saturated heterocycles. The van der Waals surface area contributed by atoms with Gasteiger partial charge in [0, 0.05) is 11.1 Å². The first-order valence-electron chi connectivity index (χ1n) is 8.46. The number of alkyl halides is 3. The van der Waals surface area contributed by atoms with Crippen LogP contribution in [0.1, 0.15) is 34.1 Å². The number of carbonyl (C=O) groups excluding carboxylic acids is 4. The molecule has 0 spiro atoms. The van der Waals surface area contributed by atoms with E-state index in [4.69, 9.17) is 4.74 Å². The summed E-state index contributed by atoms with van der Waals surface area (Å²) in [6, 6.07) is 0. The van der Waals surface area contributed by atoms with Crippen LogP contribution in [0.25, 0.3) is 0 Å². The van der Waals surface area contributed by atoms with Gasteiger partial charge in [0.25, 0.3) is 11.8 Å². The molecule has 29 heavy (non-hydrogen) atoms. The number of rotatable bonds is 6. The molecule has 160 valence electrons. The van der Waals surface area contributed by atoms with Crippen molar-refractivity contribution in [3.05, 3.63) is 23.0 Å². The molecule has 2 amide bonds. The molecule has 0 bridgehead atoms. The smallest absolute Gasteiger partial charge is 0.422 e. The second kappa shape index (κ2) is 7.27. The van der Waals surface area contributed by atoms with Gasteiger partial charge in [-0.25, -0.2) is 9.69 Å². The lowest BCUT2D eigenvalue weighted by molar-refractivity contribution is -0.184. The summed E-state index contributed by atoms with van der Waals surface area (Å²) in [7, 11) is 0. The maximum Gasteiger partial charge on any atom is 0.422 e. The van der Waals surface area contributed by atoms with Crippen molar-refractivity contribution >= 4 is 23.8 Å². The highest BCUT2D eigenvalue weighted by atomic mass is 19.4. The fraction of sp³-hybridized carbons (Fsp3) is 0.556. The highest BCUT2D eigenvalue weighted by Gasteiger charge is 2.66. The molecule has 0 N–H and O–H groups in total. The lowest BCUT2D eigenvalue weighted by Gasteiger charge is -2.19. The molecule has 2 rings (SSSR count). The molecular formula is C18H19F4NO6. The molecule has 0 aromatic carbocycles. The van der Waals surface area contributed by atoms with Crippen LogP contribution in [0, 0.1) is 10.8 Å². The summed E-state index contributed by atoms with van der Waals surface area (Å²) in [5.41, 5.74) is -2.11. The first kappa shape index (κ1) is 22.6. The van der Waals surface area contributed by atoms with E-state index in [9.17, 15) is 36.7 Å². The fourth-order valence-corrected chi connectivity index (χ4v) is 2.99. The zero-order chi connectivity index (χ0) is 22.4. The third-order valence-corrected chi connectivity index (χ3v) is 5.12. The molecule has 0 radical (unpaired) electrons. The largest absolute Gasteiger partial charge is 0.451 e. The van der Waals surface area contributed by atoms with Crippen LogP contribution >= 0.6 is 0 Å². The molecule has 1 fully saturated rings. The summed E-state index contributed by atoms with van der Waals surface area (Å²) in [4.78, 5) is 48.6. The molecule has 0 aromatic rings. The zero-order valence-corrected chi connectivity index (χ0v) is 16.1. The Morgan fingerprint density at radius 2 is 1.59 bits per heavy atom. The Morgan fingerprint density at radius 1 is 1.10 bits per heavy atom. The van der Waals surface area contributed by atoms with Crippen molar-refractivity contribution in [3.8, 4) is 0 Å². The quantitative estimate of drug-likeness (QED) is 0.283. The van der Waals surface area contributed by atoms with Gasteiger partial charge in [-0.05, 0) is 31.8 Å². The van der Waals surface area contributed by atoms with Gasteiger partial charge in [0.2, 0.25) is 5.83 Å². The van der Waals surface area contributed by atoms with Crippen molar-refractivity contribution in [3.63, 3.8) is 0 Å². The Morgan fingerprint density at radius 3 is 2.00 bits per heavy atom. The maximum atomic E-state index is 14.1. The molecule has 0 unspecified atom stereocenters. The highest BCUT2D eigenvalue weighted by Crippen LogP contribution is 2.65. The summed E-state index contributed by atoms with van der Waals surface area (Å²) in [5.74, 6) is -5.83. The van der Waals surface area contributed by atoms with Gasteiger partial charge in [-0.3, -0.25) is 14.4 Å². The van der Waals surface area contributed by atoms with E-state index in [1.165, 1.54) is 13.8 Å². The Kier molecular flexibility index (Phi) is 5.66. The molecule has 1 aliphatic heterocycles. The average Bonchev–Trinajstić information content (AvgIpc) is 3.12. The van der Waals surface area contributed by atoms with Gasteiger partial charge >= 0.3 is 18.1 Å². The van der Waals surface area contributed by atoms with E-state index >= 15 is 0 Å². The number of amides is 2. The standard InChI is InChI=1S/C18H19F4NO6/c1-9-10(2)13(25)23(12(9)24)8-29-15(27)17(6-16(17,3)4)5-11(19)14(26)28-7-18(20,21)22/h5H,6-8H2,1-4H3/t17-/m1/s1. The van der Waals surface area contributed by atoms with Crippen LogP contribution in [0.5, 0.6) is 0 Å². The van der Waals surface area contributed by atoms with Crippen molar-refractivity contribution in [2.75, 3.05) is 13.3 Å². The summed E-state index contributed by atoms with van der Waals surface area (Å²) < 4.78 is 59.2. The van der Waals surface area contributed by atoms with Gasteiger partial charge in [0.05, 0.1) is 5.41 Å². The highest BCUT2D eigenvalue weighted by molar-refractivity contribution is 6.18. The zero-order valence-electron chi connectivity index (χ0n) is 16.1. The number of nitrogens with zero attached hydrogens (tertiary/aromatic N) is 1.